The van der Waals surface area contributed by atoms with E-state index < -0.39 is 0 Å². The highest BCUT2D eigenvalue weighted by atomic mass is 16.5. The summed E-state index contributed by atoms with van der Waals surface area (Å²) in [6.45, 7) is 2.92. The molecule has 3 heterocycles. The molecule has 0 spiro atoms. The summed E-state index contributed by atoms with van der Waals surface area (Å²) in [6.07, 6.45) is 0. The van der Waals surface area contributed by atoms with Gasteiger partial charge >= 0.3 is 5.97 Å². The van der Waals surface area contributed by atoms with Gasteiger partial charge in [-0.05, 0) is 25.1 Å². The molecule has 0 bridgehead atoms. The van der Waals surface area contributed by atoms with Crippen LogP contribution in [0.3, 0.4) is 0 Å². The van der Waals surface area contributed by atoms with Crippen molar-refractivity contribution in [2.75, 3.05) is 0 Å². The number of Topliss-reactive ketones (excluding diaryl/α,β-unsaturated/α-hetero) is 1. The van der Waals surface area contributed by atoms with Crippen LogP contribution in [-0.2, 0) is 4.79 Å². The van der Waals surface area contributed by atoms with Gasteiger partial charge in [-0.15, -0.1) is 0 Å². The zero-order valence-electron chi connectivity index (χ0n) is 10.1. The zero-order chi connectivity index (χ0) is 12.9. The Bertz CT molecular complexity index is 770. The van der Waals surface area contributed by atoms with Gasteiger partial charge in [0.05, 0.1) is 16.6 Å². The predicted octanol–water partition coefficient (Wildman–Crippen LogP) is 2.66. The lowest BCUT2D eigenvalue weighted by atomic mass is 10.2. The minimum absolute atomic E-state index is 0.0280. The van der Waals surface area contributed by atoms with E-state index in [0.717, 1.165) is 16.6 Å². The number of ketones is 1. The maximum atomic E-state index is 11.5. The summed E-state index contributed by atoms with van der Waals surface area (Å²) in [4.78, 5) is 22.6. The number of nitrogens with zero attached hydrogens (tertiary/aromatic N) is 1. The van der Waals surface area contributed by atoms with Crippen LogP contribution in [0.4, 0.5) is 0 Å². The molecular formula is C14H11NO3. The maximum absolute atomic E-state index is 11.5. The average molecular weight is 241 g/mol. The van der Waals surface area contributed by atoms with Gasteiger partial charge in [-0.3, -0.25) is 9.59 Å². The summed E-state index contributed by atoms with van der Waals surface area (Å²) < 4.78 is 7.08. The second-order valence-corrected chi connectivity index (χ2v) is 4.27. The quantitative estimate of drug-likeness (QED) is 0.512. The SMILES string of the molecule is CC(=O)Oc1cc2cc(C(C)=O)c3cccc1n23. The Balaban J connectivity index is 2.34. The van der Waals surface area contributed by atoms with E-state index in [2.05, 4.69) is 0 Å². The fraction of sp³-hybridized carbons (Fsp3) is 0.143. The molecule has 90 valence electrons. The van der Waals surface area contributed by atoms with Crippen molar-refractivity contribution in [3.8, 4) is 5.75 Å². The number of pyridine rings is 1. The van der Waals surface area contributed by atoms with E-state index in [1.165, 1.54) is 6.92 Å². The number of esters is 1. The lowest BCUT2D eigenvalue weighted by Crippen LogP contribution is -2.01. The molecule has 0 amide bonds. The van der Waals surface area contributed by atoms with E-state index in [4.69, 9.17) is 4.74 Å². The molecule has 0 atom stereocenters. The summed E-state index contributed by atoms with van der Waals surface area (Å²) in [6, 6.07) is 9.19. The highest BCUT2D eigenvalue weighted by molar-refractivity contribution is 6.04. The summed E-state index contributed by atoms with van der Waals surface area (Å²) in [7, 11) is 0. The molecule has 18 heavy (non-hydrogen) atoms. The molecule has 0 radical (unpaired) electrons. The first kappa shape index (κ1) is 10.8. The van der Waals surface area contributed by atoms with E-state index in [1.54, 1.807) is 13.0 Å². The molecule has 3 aromatic heterocycles. The molecule has 0 unspecified atom stereocenters. The third-order valence-electron chi connectivity index (χ3n) is 2.98. The van der Waals surface area contributed by atoms with E-state index >= 15 is 0 Å². The Labute approximate surface area is 103 Å². The van der Waals surface area contributed by atoms with Gasteiger partial charge in [0.25, 0.3) is 0 Å². The van der Waals surface area contributed by atoms with Crippen molar-refractivity contribution in [1.29, 1.82) is 0 Å². The first-order valence-electron chi connectivity index (χ1n) is 5.64. The van der Waals surface area contributed by atoms with E-state index in [1.807, 2.05) is 28.7 Å². The Kier molecular flexibility index (Phi) is 2.13. The fourth-order valence-corrected chi connectivity index (χ4v) is 2.31. The van der Waals surface area contributed by atoms with Crippen LogP contribution in [0.1, 0.15) is 24.2 Å². The minimum atomic E-state index is -0.351. The molecule has 0 saturated heterocycles. The predicted molar refractivity (Wildman–Crippen MR) is 67.4 cm³/mol. The highest BCUT2D eigenvalue weighted by Crippen LogP contribution is 2.32. The molecule has 0 aromatic carbocycles. The number of hydrogen-bond acceptors (Lipinski definition) is 3. The van der Waals surface area contributed by atoms with Gasteiger partial charge in [0.1, 0.15) is 0 Å². The van der Waals surface area contributed by atoms with Crippen LogP contribution >= 0.6 is 0 Å². The van der Waals surface area contributed by atoms with E-state index in [0.29, 0.717) is 11.3 Å². The number of ether oxygens (including phenoxy) is 1. The van der Waals surface area contributed by atoms with Crippen LogP contribution in [0.2, 0.25) is 0 Å². The van der Waals surface area contributed by atoms with Gasteiger partial charge in [0.2, 0.25) is 0 Å². The molecule has 0 N–H and O–H groups in total. The lowest BCUT2D eigenvalue weighted by molar-refractivity contribution is -0.131. The molecule has 0 aliphatic carbocycles. The molecule has 3 aromatic rings. The van der Waals surface area contributed by atoms with Crippen LogP contribution in [0, 0.1) is 0 Å². The Morgan fingerprint density at radius 2 is 1.83 bits per heavy atom. The second kappa shape index (κ2) is 3.57. The van der Waals surface area contributed by atoms with Crippen LogP contribution < -0.4 is 4.74 Å². The summed E-state index contributed by atoms with van der Waals surface area (Å²) in [5, 5.41) is 0. The summed E-state index contributed by atoms with van der Waals surface area (Å²) in [5.74, 6) is 0.203. The Morgan fingerprint density at radius 3 is 2.50 bits per heavy atom. The minimum Gasteiger partial charge on any atom is -0.424 e. The van der Waals surface area contributed by atoms with E-state index in [-0.39, 0.29) is 11.8 Å². The molecule has 0 aliphatic heterocycles. The third kappa shape index (κ3) is 1.39. The normalized spacial score (nSPS) is 11.2. The van der Waals surface area contributed by atoms with Crippen LogP contribution in [-0.4, -0.2) is 16.2 Å². The third-order valence-corrected chi connectivity index (χ3v) is 2.98. The van der Waals surface area contributed by atoms with Crippen molar-refractivity contribution in [2.24, 2.45) is 0 Å². The average Bonchev–Trinajstić information content (AvgIpc) is 2.82. The van der Waals surface area contributed by atoms with Gasteiger partial charge in [-0.1, -0.05) is 6.07 Å². The van der Waals surface area contributed by atoms with Crippen molar-refractivity contribution >= 4 is 28.3 Å². The summed E-state index contributed by atoms with van der Waals surface area (Å²) in [5.41, 5.74) is 3.19. The van der Waals surface area contributed by atoms with Gasteiger partial charge in [0, 0.05) is 18.6 Å². The molecular weight excluding hydrogens is 230 g/mol. The first-order chi connectivity index (χ1) is 8.58. The van der Waals surface area contributed by atoms with Gasteiger partial charge in [-0.2, -0.15) is 0 Å². The molecule has 4 nitrogen and oxygen atoms in total. The van der Waals surface area contributed by atoms with Crippen LogP contribution in [0.15, 0.2) is 30.3 Å². The number of rotatable bonds is 2. The topological polar surface area (TPSA) is 47.8 Å². The molecule has 4 heteroatoms. The molecule has 3 rings (SSSR count). The van der Waals surface area contributed by atoms with Crippen LogP contribution in [0.25, 0.3) is 16.6 Å². The highest BCUT2D eigenvalue weighted by Gasteiger charge is 2.16. The number of aromatic nitrogens is 1. The largest absolute Gasteiger partial charge is 0.424 e. The number of carbonyl (C=O) groups is 2. The van der Waals surface area contributed by atoms with Crippen molar-refractivity contribution < 1.29 is 14.3 Å². The number of carbonyl (C=O) groups excluding carboxylic acids is 2. The lowest BCUT2D eigenvalue weighted by Gasteiger charge is -2.01. The zero-order valence-corrected chi connectivity index (χ0v) is 10.1. The molecule has 0 saturated carbocycles. The van der Waals surface area contributed by atoms with Gasteiger partial charge < -0.3 is 9.14 Å². The standard InChI is InChI=1S/C14H11NO3/c1-8(16)11-6-10-7-14(18-9(2)17)13-5-3-4-12(11)15(10)13/h3-7H,1-2H3. The number of hydrogen-bond donors (Lipinski definition) is 0. The monoisotopic (exact) mass is 241 g/mol. The molecule has 0 aliphatic rings. The summed E-state index contributed by atoms with van der Waals surface area (Å²) >= 11 is 0. The Hall–Kier alpha value is -2.36. The Morgan fingerprint density at radius 1 is 1.11 bits per heavy atom. The van der Waals surface area contributed by atoms with Crippen molar-refractivity contribution in [1.82, 2.24) is 4.40 Å². The second-order valence-electron chi connectivity index (χ2n) is 4.27. The maximum Gasteiger partial charge on any atom is 0.308 e. The fourth-order valence-electron chi connectivity index (χ4n) is 2.31. The molecule has 0 fully saturated rings. The van der Waals surface area contributed by atoms with Crippen LogP contribution in [0.5, 0.6) is 5.75 Å². The van der Waals surface area contributed by atoms with Gasteiger partial charge in [0.15, 0.2) is 11.5 Å². The first-order valence-corrected chi connectivity index (χ1v) is 5.64. The van der Waals surface area contributed by atoms with Crippen molar-refractivity contribution in [2.45, 2.75) is 13.8 Å². The van der Waals surface area contributed by atoms with E-state index in [9.17, 15) is 9.59 Å². The van der Waals surface area contributed by atoms with Crippen molar-refractivity contribution in [3.63, 3.8) is 0 Å². The van der Waals surface area contributed by atoms with Gasteiger partial charge in [-0.25, -0.2) is 0 Å². The smallest absolute Gasteiger partial charge is 0.308 e. The van der Waals surface area contributed by atoms with Crippen molar-refractivity contribution in [3.05, 3.63) is 35.9 Å².